The van der Waals surface area contributed by atoms with E-state index in [0.29, 0.717) is 15.6 Å². The molecule has 3 nitrogen and oxygen atoms in total. The van der Waals surface area contributed by atoms with Crippen molar-refractivity contribution >= 4 is 28.1 Å². The van der Waals surface area contributed by atoms with Gasteiger partial charge in [-0.3, -0.25) is 4.79 Å². The lowest BCUT2D eigenvalue weighted by molar-refractivity contribution is 0.0954. The minimum Gasteiger partial charge on any atom is -0.267 e. The Balaban J connectivity index is 2.06. The summed E-state index contributed by atoms with van der Waals surface area (Å²) in [6.45, 7) is 0. The van der Waals surface area contributed by atoms with Gasteiger partial charge in [-0.2, -0.15) is 5.10 Å². The van der Waals surface area contributed by atoms with Crippen LogP contribution in [0.5, 0.6) is 0 Å². The standard InChI is InChI=1S/C14H10BrFN2O/c15-12-7-3-2-6-11(12)14(19)18-17-9-10-5-1-4-8-13(10)16/h1-9H,(H,18,19). The second-order valence-electron chi connectivity index (χ2n) is 3.70. The van der Waals surface area contributed by atoms with E-state index in [1.54, 1.807) is 36.4 Å². The van der Waals surface area contributed by atoms with Gasteiger partial charge in [0.15, 0.2) is 0 Å². The number of rotatable bonds is 3. The summed E-state index contributed by atoms with van der Waals surface area (Å²) >= 11 is 3.27. The van der Waals surface area contributed by atoms with Crippen LogP contribution in [0.15, 0.2) is 58.1 Å². The van der Waals surface area contributed by atoms with E-state index < -0.39 is 0 Å². The minimum absolute atomic E-state index is 0.315. The monoisotopic (exact) mass is 320 g/mol. The Hall–Kier alpha value is -2.01. The lowest BCUT2D eigenvalue weighted by Crippen LogP contribution is -2.18. The molecule has 19 heavy (non-hydrogen) atoms. The van der Waals surface area contributed by atoms with E-state index >= 15 is 0 Å². The quantitative estimate of drug-likeness (QED) is 0.684. The molecule has 0 aliphatic heterocycles. The maximum Gasteiger partial charge on any atom is 0.272 e. The van der Waals surface area contributed by atoms with Crippen LogP contribution in [0.3, 0.4) is 0 Å². The first-order valence-corrected chi connectivity index (χ1v) is 6.30. The van der Waals surface area contributed by atoms with Crippen molar-refractivity contribution in [3.63, 3.8) is 0 Å². The van der Waals surface area contributed by atoms with Crippen molar-refractivity contribution in [1.82, 2.24) is 5.43 Å². The summed E-state index contributed by atoms with van der Waals surface area (Å²) in [4.78, 5) is 11.8. The van der Waals surface area contributed by atoms with Crippen LogP contribution in [0, 0.1) is 5.82 Å². The SMILES string of the molecule is O=C(NN=Cc1ccccc1F)c1ccccc1Br. The van der Waals surface area contributed by atoms with Crippen LogP contribution in [0.1, 0.15) is 15.9 Å². The fourth-order valence-electron chi connectivity index (χ4n) is 1.45. The molecule has 2 aromatic rings. The molecule has 0 unspecified atom stereocenters. The third-order valence-electron chi connectivity index (χ3n) is 2.39. The molecule has 0 aliphatic carbocycles. The predicted octanol–water partition coefficient (Wildman–Crippen LogP) is 3.35. The van der Waals surface area contributed by atoms with Gasteiger partial charge in [0.25, 0.3) is 5.91 Å². The maximum atomic E-state index is 13.3. The van der Waals surface area contributed by atoms with Crippen molar-refractivity contribution in [3.8, 4) is 0 Å². The number of nitrogens with zero attached hydrogens (tertiary/aromatic N) is 1. The van der Waals surface area contributed by atoms with Gasteiger partial charge in [-0.05, 0) is 34.1 Å². The van der Waals surface area contributed by atoms with Crippen molar-refractivity contribution in [1.29, 1.82) is 0 Å². The molecule has 0 aliphatic rings. The number of carbonyl (C=O) groups is 1. The number of hydrazone groups is 1. The predicted molar refractivity (Wildman–Crippen MR) is 75.6 cm³/mol. The number of carbonyl (C=O) groups excluding carboxylic acids is 1. The molecular formula is C14H10BrFN2O. The van der Waals surface area contributed by atoms with Gasteiger partial charge in [-0.15, -0.1) is 0 Å². The van der Waals surface area contributed by atoms with E-state index in [1.165, 1.54) is 12.3 Å². The number of benzene rings is 2. The third kappa shape index (κ3) is 3.48. The first-order chi connectivity index (χ1) is 9.18. The third-order valence-corrected chi connectivity index (χ3v) is 3.08. The number of hydrogen-bond donors (Lipinski definition) is 1. The zero-order valence-corrected chi connectivity index (χ0v) is 11.4. The van der Waals surface area contributed by atoms with E-state index in [-0.39, 0.29) is 11.7 Å². The van der Waals surface area contributed by atoms with Crippen LogP contribution < -0.4 is 5.43 Å². The molecule has 0 bridgehead atoms. The molecular weight excluding hydrogens is 311 g/mol. The van der Waals surface area contributed by atoms with Gasteiger partial charge in [0.05, 0.1) is 11.8 Å². The van der Waals surface area contributed by atoms with Gasteiger partial charge in [0, 0.05) is 10.0 Å². The fraction of sp³-hybridized carbons (Fsp3) is 0. The molecule has 0 radical (unpaired) electrons. The number of amides is 1. The smallest absolute Gasteiger partial charge is 0.267 e. The Morgan fingerprint density at radius 1 is 1.16 bits per heavy atom. The molecule has 0 saturated heterocycles. The van der Waals surface area contributed by atoms with Crippen LogP contribution >= 0.6 is 15.9 Å². The zero-order chi connectivity index (χ0) is 13.7. The average Bonchev–Trinajstić information content (AvgIpc) is 2.41. The van der Waals surface area contributed by atoms with Crippen LogP contribution in [-0.4, -0.2) is 12.1 Å². The van der Waals surface area contributed by atoms with Crippen LogP contribution in [0.4, 0.5) is 4.39 Å². The summed E-state index contributed by atoms with van der Waals surface area (Å²) < 4.78 is 14.0. The van der Waals surface area contributed by atoms with Crippen molar-refractivity contribution in [2.24, 2.45) is 5.10 Å². The molecule has 0 spiro atoms. The van der Waals surface area contributed by atoms with E-state index in [0.717, 1.165) is 0 Å². The van der Waals surface area contributed by atoms with E-state index in [2.05, 4.69) is 26.5 Å². The second kappa shape index (κ2) is 6.24. The topological polar surface area (TPSA) is 41.5 Å². The number of halogens is 2. The fourth-order valence-corrected chi connectivity index (χ4v) is 1.91. The average molecular weight is 321 g/mol. The lowest BCUT2D eigenvalue weighted by atomic mass is 10.2. The molecule has 1 N–H and O–H groups in total. The highest BCUT2D eigenvalue weighted by molar-refractivity contribution is 9.10. The Kier molecular flexibility index (Phi) is 4.41. The summed E-state index contributed by atoms with van der Waals surface area (Å²) in [6, 6.07) is 13.2. The number of hydrogen-bond acceptors (Lipinski definition) is 2. The molecule has 2 aromatic carbocycles. The zero-order valence-electron chi connectivity index (χ0n) is 9.81. The van der Waals surface area contributed by atoms with Crippen LogP contribution in [0.25, 0.3) is 0 Å². The van der Waals surface area contributed by atoms with Crippen molar-refractivity contribution in [2.45, 2.75) is 0 Å². The van der Waals surface area contributed by atoms with E-state index in [9.17, 15) is 9.18 Å². The minimum atomic E-state index is -0.388. The van der Waals surface area contributed by atoms with Gasteiger partial charge in [0.2, 0.25) is 0 Å². The summed E-state index contributed by atoms with van der Waals surface area (Å²) in [6.07, 6.45) is 1.27. The van der Waals surface area contributed by atoms with E-state index in [1.807, 2.05) is 6.07 Å². The Bertz CT molecular complexity index is 628. The Labute approximate surface area is 118 Å². The van der Waals surface area contributed by atoms with Gasteiger partial charge in [0.1, 0.15) is 5.82 Å². The van der Waals surface area contributed by atoms with Crippen molar-refractivity contribution in [2.75, 3.05) is 0 Å². The lowest BCUT2D eigenvalue weighted by Gasteiger charge is -2.02. The highest BCUT2D eigenvalue weighted by atomic mass is 79.9. The largest absolute Gasteiger partial charge is 0.272 e. The summed E-state index contributed by atoms with van der Waals surface area (Å²) in [5, 5.41) is 3.73. The second-order valence-corrected chi connectivity index (χ2v) is 4.55. The Morgan fingerprint density at radius 2 is 1.84 bits per heavy atom. The summed E-state index contributed by atoms with van der Waals surface area (Å²) in [5.41, 5.74) is 3.13. The molecule has 0 atom stereocenters. The molecule has 0 heterocycles. The summed E-state index contributed by atoms with van der Waals surface area (Å²) in [7, 11) is 0. The van der Waals surface area contributed by atoms with Crippen LogP contribution in [0.2, 0.25) is 0 Å². The molecule has 0 fully saturated rings. The van der Waals surface area contributed by atoms with Gasteiger partial charge < -0.3 is 0 Å². The highest BCUT2D eigenvalue weighted by Crippen LogP contribution is 2.15. The molecule has 5 heteroatoms. The van der Waals surface area contributed by atoms with Gasteiger partial charge in [-0.25, -0.2) is 9.82 Å². The van der Waals surface area contributed by atoms with Crippen molar-refractivity contribution in [3.05, 3.63) is 69.9 Å². The molecule has 2 rings (SSSR count). The molecule has 0 saturated carbocycles. The van der Waals surface area contributed by atoms with E-state index in [4.69, 9.17) is 0 Å². The highest BCUT2D eigenvalue weighted by Gasteiger charge is 2.07. The first kappa shape index (κ1) is 13.4. The van der Waals surface area contributed by atoms with Crippen LogP contribution in [-0.2, 0) is 0 Å². The van der Waals surface area contributed by atoms with Crippen molar-refractivity contribution < 1.29 is 9.18 Å². The Morgan fingerprint density at radius 3 is 2.58 bits per heavy atom. The number of nitrogens with one attached hydrogen (secondary N) is 1. The first-order valence-electron chi connectivity index (χ1n) is 5.51. The molecule has 0 aromatic heterocycles. The van der Waals surface area contributed by atoms with Gasteiger partial charge >= 0.3 is 0 Å². The molecule has 96 valence electrons. The molecule has 1 amide bonds. The normalized spacial score (nSPS) is 10.6. The summed E-state index contributed by atoms with van der Waals surface area (Å²) in [5.74, 6) is -0.749. The van der Waals surface area contributed by atoms with Gasteiger partial charge in [-0.1, -0.05) is 30.3 Å². The maximum absolute atomic E-state index is 13.3.